The van der Waals surface area contributed by atoms with Crippen LogP contribution in [0.15, 0.2) is 41.6 Å². The van der Waals surface area contributed by atoms with Crippen LogP contribution in [0.4, 0.5) is 14.5 Å². The van der Waals surface area contributed by atoms with Crippen LogP contribution >= 0.6 is 11.6 Å². The van der Waals surface area contributed by atoms with Crippen LogP contribution in [0.5, 0.6) is 0 Å². The maximum absolute atomic E-state index is 13.4. The van der Waals surface area contributed by atoms with Crippen LogP contribution in [0.2, 0.25) is 5.02 Å². The van der Waals surface area contributed by atoms with Crippen molar-refractivity contribution in [2.75, 3.05) is 4.72 Å². The summed E-state index contributed by atoms with van der Waals surface area (Å²) in [5, 5.41) is -0.671. The number of halogens is 3. The molecule has 0 amide bonds. The Morgan fingerprint density at radius 1 is 1.16 bits per heavy atom. The molecule has 8 heteroatoms. The molecule has 2 aromatic rings. The van der Waals surface area contributed by atoms with Gasteiger partial charge < -0.3 is 0 Å². The van der Waals surface area contributed by atoms with Crippen molar-refractivity contribution in [3.63, 3.8) is 0 Å². The summed E-state index contributed by atoms with van der Waals surface area (Å²) in [6.07, 6.45) is 1.12. The first-order valence-electron chi connectivity index (χ1n) is 4.98. The van der Waals surface area contributed by atoms with E-state index in [-0.39, 0.29) is 10.7 Å². The second-order valence-electron chi connectivity index (χ2n) is 3.52. The van der Waals surface area contributed by atoms with E-state index in [9.17, 15) is 17.2 Å². The van der Waals surface area contributed by atoms with Crippen LogP contribution in [-0.2, 0) is 10.0 Å². The van der Waals surface area contributed by atoms with Gasteiger partial charge in [0.05, 0.1) is 5.69 Å². The summed E-state index contributed by atoms with van der Waals surface area (Å²) in [6.45, 7) is 0. The van der Waals surface area contributed by atoms with Crippen molar-refractivity contribution in [1.29, 1.82) is 0 Å². The monoisotopic (exact) mass is 304 g/mol. The summed E-state index contributed by atoms with van der Waals surface area (Å²) in [4.78, 5) is 3.42. The van der Waals surface area contributed by atoms with Gasteiger partial charge >= 0.3 is 0 Å². The lowest BCUT2D eigenvalue weighted by Crippen LogP contribution is -2.17. The topological polar surface area (TPSA) is 59.1 Å². The second kappa shape index (κ2) is 5.10. The van der Waals surface area contributed by atoms with Crippen molar-refractivity contribution in [3.05, 3.63) is 53.2 Å². The van der Waals surface area contributed by atoms with Crippen LogP contribution in [0, 0.1) is 11.6 Å². The van der Waals surface area contributed by atoms with Crippen molar-refractivity contribution in [1.82, 2.24) is 4.98 Å². The molecular weight excluding hydrogens is 298 g/mol. The minimum atomic E-state index is -4.32. The summed E-state index contributed by atoms with van der Waals surface area (Å²) in [7, 11) is -4.32. The first-order valence-corrected chi connectivity index (χ1v) is 6.84. The highest BCUT2D eigenvalue weighted by atomic mass is 35.5. The maximum Gasteiger partial charge on any atom is 0.282 e. The largest absolute Gasteiger partial charge is 0.282 e. The Hall–Kier alpha value is -1.73. The summed E-state index contributed by atoms with van der Waals surface area (Å²) in [6, 6.07) is 5.52. The van der Waals surface area contributed by atoms with Crippen LogP contribution in [0.3, 0.4) is 0 Å². The molecule has 0 saturated carbocycles. The third-order valence-corrected chi connectivity index (χ3v) is 3.69. The standard InChI is InChI=1S/C11H7ClF2N2O2S/c12-7-3-4-8(13)10(6-7)16-19(17,18)11-9(14)2-1-5-15-11/h1-6,16H. The molecule has 1 aromatic heterocycles. The zero-order valence-electron chi connectivity index (χ0n) is 9.27. The van der Waals surface area contributed by atoms with Gasteiger partial charge in [-0.2, -0.15) is 8.42 Å². The van der Waals surface area contributed by atoms with E-state index in [4.69, 9.17) is 11.6 Å². The van der Waals surface area contributed by atoms with Crippen molar-refractivity contribution < 1.29 is 17.2 Å². The third-order valence-electron chi connectivity index (χ3n) is 2.15. The van der Waals surface area contributed by atoms with Crippen LogP contribution in [0.25, 0.3) is 0 Å². The van der Waals surface area contributed by atoms with Crippen LogP contribution in [-0.4, -0.2) is 13.4 Å². The maximum atomic E-state index is 13.4. The van der Waals surface area contributed by atoms with Crippen LogP contribution < -0.4 is 4.72 Å². The molecule has 100 valence electrons. The second-order valence-corrected chi connectivity index (χ2v) is 5.55. The molecule has 0 atom stereocenters. The molecule has 1 heterocycles. The van der Waals surface area contributed by atoms with Crippen molar-refractivity contribution in [2.24, 2.45) is 0 Å². The van der Waals surface area contributed by atoms with Gasteiger partial charge in [0.2, 0.25) is 5.03 Å². The van der Waals surface area contributed by atoms with E-state index in [2.05, 4.69) is 4.98 Å². The molecule has 0 radical (unpaired) electrons. The van der Waals surface area contributed by atoms with E-state index >= 15 is 0 Å². The number of rotatable bonds is 3. The first-order chi connectivity index (χ1) is 8.90. The molecule has 2 rings (SSSR count). The predicted molar refractivity (Wildman–Crippen MR) is 66.4 cm³/mol. The zero-order valence-corrected chi connectivity index (χ0v) is 10.8. The van der Waals surface area contributed by atoms with Crippen LogP contribution in [0.1, 0.15) is 0 Å². The highest BCUT2D eigenvalue weighted by Gasteiger charge is 2.21. The van der Waals surface area contributed by atoms with Crippen molar-refractivity contribution in [3.8, 4) is 0 Å². The molecular formula is C11H7ClF2N2O2S. The van der Waals surface area contributed by atoms with E-state index < -0.39 is 26.7 Å². The molecule has 0 spiro atoms. The van der Waals surface area contributed by atoms with Gasteiger partial charge in [0.25, 0.3) is 10.0 Å². The number of anilines is 1. The number of sulfonamides is 1. The summed E-state index contributed by atoms with van der Waals surface area (Å²) in [5.41, 5.74) is -0.377. The predicted octanol–water partition coefficient (Wildman–Crippen LogP) is 2.81. The number of hydrogen-bond donors (Lipinski definition) is 1. The van der Waals surface area contributed by atoms with E-state index in [0.717, 1.165) is 24.4 Å². The van der Waals surface area contributed by atoms with Gasteiger partial charge in [-0.1, -0.05) is 11.6 Å². The van der Waals surface area contributed by atoms with E-state index in [0.29, 0.717) is 0 Å². The Balaban J connectivity index is 2.43. The molecule has 0 unspecified atom stereocenters. The van der Waals surface area contributed by atoms with Gasteiger partial charge in [-0.3, -0.25) is 4.72 Å². The quantitative estimate of drug-likeness (QED) is 0.948. The zero-order chi connectivity index (χ0) is 14.0. The minimum absolute atomic E-state index is 0.139. The number of nitrogens with one attached hydrogen (secondary N) is 1. The van der Waals surface area contributed by atoms with Gasteiger partial charge in [-0.25, -0.2) is 13.8 Å². The number of hydrogen-bond acceptors (Lipinski definition) is 3. The summed E-state index contributed by atoms with van der Waals surface area (Å²) < 4.78 is 52.4. The summed E-state index contributed by atoms with van der Waals surface area (Å²) in [5.74, 6) is -1.86. The van der Waals surface area contributed by atoms with Crippen molar-refractivity contribution in [2.45, 2.75) is 5.03 Å². The lowest BCUT2D eigenvalue weighted by molar-refractivity contribution is 0.556. The minimum Gasteiger partial charge on any atom is -0.275 e. The Bertz CT molecular complexity index is 722. The SMILES string of the molecule is O=S(=O)(Nc1cc(Cl)ccc1F)c1ncccc1F. The molecule has 0 aliphatic heterocycles. The first kappa shape index (κ1) is 13.7. The molecule has 0 fully saturated rings. The molecule has 0 bridgehead atoms. The van der Waals surface area contributed by atoms with Gasteiger partial charge in [0.15, 0.2) is 5.82 Å². The molecule has 0 aliphatic carbocycles. The Morgan fingerprint density at radius 3 is 2.58 bits per heavy atom. The highest BCUT2D eigenvalue weighted by molar-refractivity contribution is 7.92. The number of benzene rings is 1. The lowest BCUT2D eigenvalue weighted by atomic mass is 10.3. The molecule has 1 aromatic carbocycles. The van der Waals surface area contributed by atoms with Gasteiger partial charge in [0, 0.05) is 11.2 Å². The fourth-order valence-corrected chi connectivity index (χ4v) is 2.58. The average molecular weight is 305 g/mol. The van der Waals surface area contributed by atoms with Gasteiger partial charge in [-0.05, 0) is 30.3 Å². The molecule has 0 aliphatic rings. The molecule has 1 N–H and O–H groups in total. The van der Waals surface area contributed by atoms with Crippen molar-refractivity contribution >= 4 is 27.3 Å². The Morgan fingerprint density at radius 2 is 1.89 bits per heavy atom. The Kier molecular flexibility index (Phi) is 3.68. The van der Waals surface area contributed by atoms with E-state index in [1.807, 2.05) is 4.72 Å². The fraction of sp³-hybridized carbons (Fsp3) is 0. The third kappa shape index (κ3) is 2.99. The Labute approximate surface area is 113 Å². The molecule has 0 saturated heterocycles. The molecule has 4 nitrogen and oxygen atoms in total. The van der Waals surface area contributed by atoms with E-state index in [1.54, 1.807) is 0 Å². The van der Waals surface area contributed by atoms with Gasteiger partial charge in [-0.15, -0.1) is 0 Å². The molecule has 19 heavy (non-hydrogen) atoms. The fourth-order valence-electron chi connectivity index (χ4n) is 1.34. The number of nitrogens with zero attached hydrogens (tertiary/aromatic N) is 1. The average Bonchev–Trinajstić information content (AvgIpc) is 2.34. The highest BCUT2D eigenvalue weighted by Crippen LogP contribution is 2.22. The lowest BCUT2D eigenvalue weighted by Gasteiger charge is -2.09. The number of pyridine rings is 1. The van der Waals surface area contributed by atoms with Gasteiger partial charge in [0.1, 0.15) is 5.82 Å². The summed E-state index contributed by atoms with van der Waals surface area (Å²) >= 11 is 5.63. The van der Waals surface area contributed by atoms with E-state index in [1.165, 1.54) is 12.1 Å². The number of aromatic nitrogens is 1. The smallest absolute Gasteiger partial charge is 0.275 e. The normalized spacial score (nSPS) is 11.3.